The summed E-state index contributed by atoms with van der Waals surface area (Å²) in [5.41, 5.74) is 1.06. The van der Waals surface area contributed by atoms with Gasteiger partial charge in [0.05, 0.1) is 6.26 Å². The maximum absolute atomic E-state index is 11.8. The Labute approximate surface area is 135 Å². The van der Waals surface area contributed by atoms with Crippen molar-refractivity contribution in [3.63, 3.8) is 0 Å². The Morgan fingerprint density at radius 1 is 1.19 bits per heavy atom. The van der Waals surface area contributed by atoms with Gasteiger partial charge in [0.2, 0.25) is 5.90 Å². The first kappa shape index (κ1) is 13.8. The van der Waals surface area contributed by atoms with Crippen molar-refractivity contribution in [1.82, 2.24) is 0 Å². The van der Waals surface area contributed by atoms with Gasteiger partial charge in [0.15, 0.2) is 5.70 Å². The maximum atomic E-state index is 11.8. The largest absolute Gasteiger partial charge is 0.465 e. The first-order valence-electron chi connectivity index (χ1n) is 6.21. The molecule has 3 rings (SSSR count). The molecule has 0 amide bonds. The zero-order chi connectivity index (χ0) is 14.7. The highest BCUT2D eigenvalue weighted by molar-refractivity contribution is 14.1. The number of cyclic esters (lactones) is 1. The first-order chi connectivity index (χ1) is 10.2. The minimum Gasteiger partial charge on any atom is -0.465 e. The molecule has 0 saturated carbocycles. The summed E-state index contributed by atoms with van der Waals surface area (Å²) in [5.74, 6) is 0.587. The molecule has 2 aromatic rings. The molecular weight excluding hydrogens is 381 g/mol. The van der Waals surface area contributed by atoms with Crippen molar-refractivity contribution in [1.29, 1.82) is 0 Å². The third-order valence-corrected chi connectivity index (χ3v) is 3.42. The Morgan fingerprint density at radius 3 is 2.86 bits per heavy atom. The number of aliphatic imine (C=N–C) groups is 1. The van der Waals surface area contributed by atoms with Gasteiger partial charge in [-0.25, -0.2) is 9.79 Å². The third-order valence-electron chi connectivity index (χ3n) is 2.75. The van der Waals surface area contributed by atoms with Crippen LogP contribution in [-0.2, 0) is 9.53 Å². The predicted molar refractivity (Wildman–Crippen MR) is 87.6 cm³/mol. The minimum atomic E-state index is -0.451. The van der Waals surface area contributed by atoms with E-state index in [4.69, 9.17) is 9.15 Å². The average Bonchev–Trinajstić information content (AvgIpc) is 3.10. The second kappa shape index (κ2) is 6.09. The van der Waals surface area contributed by atoms with E-state index in [1.807, 2.05) is 30.3 Å². The lowest BCUT2D eigenvalue weighted by atomic mass is 10.2. The Morgan fingerprint density at radius 2 is 2.10 bits per heavy atom. The van der Waals surface area contributed by atoms with Crippen LogP contribution in [0.15, 0.2) is 69.9 Å². The monoisotopic (exact) mass is 391 g/mol. The van der Waals surface area contributed by atoms with Crippen LogP contribution in [0, 0.1) is 3.57 Å². The van der Waals surface area contributed by atoms with Crippen LogP contribution in [0.5, 0.6) is 0 Å². The summed E-state index contributed by atoms with van der Waals surface area (Å²) in [6.07, 6.45) is 6.64. The van der Waals surface area contributed by atoms with E-state index in [0.29, 0.717) is 11.7 Å². The van der Waals surface area contributed by atoms with Gasteiger partial charge in [-0.15, -0.1) is 0 Å². The second-order valence-corrected chi connectivity index (χ2v) is 5.49. The van der Waals surface area contributed by atoms with Crippen molar-refractivity contribution in [2.24, 2.45) is 4.99 Å². The van der Waals surface area contributed by atoms with E-state index in [2.05, 4.69) is 27.6 Å². The number of halogens is 1. The number of carbonyl (C=O) groups excluding carboxylic acids is 1. The zero-order valence-electron chi connectivity index (χ0n) is 10.8. The van der Waals surface area contributed by atoms with Crippen LogP contribution in [-0.4, -0.2) is 11.9 Å². The number of allylic oxidation sites excluding steroid dienone is 2. The maximum Gasteiger partial charge on any atom is 0.363 e. The summed E-state index contributed by atoms with van der Waals surface area (Å²) in [4.78, 5) is 16.0. The average molecular weight is 391 g/mol. The molecule has 5 heteroatoms. The quantitative estimate of drug-likeness (QED) is 0.455. The molecule has 104 valence electrons. The molecule has 1 aromatic carbocycles. The second-order valence-electron chi connectivity index (χ2n) is 4.24. The lowest BCUT2D eigenvalue weighted by Gasteiger charge is -1.99. The molecular formula is C16H10INO3. The Balaban J connectivity index is 1.82. The molecule has 4 nitrogen and oxygen atoms in total. The van der Waals surface area contributed by atoms with Crippen molar-refractivity contribution in [3.8, 4) is 0 Å². The molecule has 0 aliphatic carbocycles. The van der Waals surface area contributed by atoms with Crippen molar-refractivity contribution < 1.29 is 13.9 Å². The number of furan rings is 1. The van der Waals surface area contributed by atoms with Crippen LogP contribution in [0.1, 0.15) is 11.3 Å². The fraction of sp³-hybridized carbons (Fsp3) is 0. The SMILES string of the molecule is O=C1OC(c2cccc(I)c2)=NC1=CC=Cc1ccco1. The van der Waals surface area contributed by atoms with Crippen LogP contribution in [0.25, 0.3) is 6.08 Å². The molecule has 0 bridgehead atoms. The van der Waals surface area contributed by atoms with E-state index in [1.165, 1.54) is 0 Å². The number of nitrogens with zero attached hydrogens (tertiary/aromatic N) is 1. The Kier molecular flexibility index (Phi) is 4.01. The molecule has 0 fully saturated rings. The summed E-state index contributed by atoms with van der Waals surface area (Å²) in [6.45, 7) is 0. The number of esters is 1. The lowest BCUT2D eigenvalue weighted by molar-refractivity contribution is -0.130. The van der Waals surface area contributed by atoms with Gasteiger partial charge in [-0.3, -0.25) is 0 Å². The summed E-state index contributed by atoms with van der Waals surface area (Å²) in [5, 5.41) is 0. The van der Waals surface area contributed by atoms with Gasteiger partial charge in [0.1, 0.15) is 5.76 Å². The van der Waals surface area contributed by atoms with Gasteiger partial charge >= 0.3 is 5.97 Å². The van der Waals surface area contributed by atoms with Crippen molar-refractivity contribution in [2.45, 2.75) is 0 Å². The van der Waals surface area contributed by atoms with Crippen LogP contribution < -0.4 is 0 Å². The summed E-state index contributed by atoms with van der Waals surface area (Å²) >= 11 is 2.20. The molecule has 21 heavy (non-hydrogen) atoms. The number of benzene rings is 1. The Hall–Kier alpha value is -2.15. The van der Waals surface area contributed by atoms with Crippen LogP contribution in [0.3, 0.4) is 0 Å². The molecule has 0 unspecified atom stereocenters. The van der Waals surface area contributed by atoms with E-state index in [9.17, 15) is 4.79 Å². The fourth-order valence-corrected chi connectivity index (χ4v) is 2.33. The normalized spacial score (nSPS) is 16.5. The van der Waals surface area contributed by atoms with Gasteiger partial charge in [-0.2, -0.15) is 0 Å². The summed E-state index contributed by atoms with van der Waals surface area (Å²) in [7, 11) is 0. The molecule has 0 spiro atoms. The number of ether oxygens (including phenoxy) is 1. The highest BCUT2D eigenvalue weighted by Gasteiger charge is 2.23. The molecule has 0 N–H and O–H groups in total. The smallest absolute Gasteiger partial charge is 0.363 e. The highest BCUT2D eigenvalue weighted by atomic mass is 127. The predicted octanol–water partition coefficient (Wildman–Crippen LogP) is 3.78. The van der Waals surface area contributed by atoms with E-state index < -0.39 is 5.97 Å². The summed E-state index contributed by atoms with van der Waals surface area (Å²) < 4.78 is 11.4. The van der Waals surface area contributed by atoms with Crippen LogP contribution in [0.2, 0.25) is 0 Å². The van der Waals surface area contributed by atoms with Crippen molar-refractivity contribution >= 4 is 40.5 Å². The van der Waals surface area contributed by atoms with Crippen LogP contribution in [0.4, 0.5) is 0 Å². The van der Waals surface area contributed by atoms with E-state index in [0.717, 1.165) is 9.13 Å². The van der Waals surface area contributed by atoms with E-state index in [-0.39, 0.29) is 5.70 Å². The van der Waals surface area contributed by atoms with E-state index in [1.54, 1.807) is 30.6 Å². The summed E-state index contributed by atoms with van der Waals surface area (Å²) in [6, 6.07) is 11.2. The molecule has 0 atom stereocenters. The zero-order valence-corrected chi connectivity index (χ0v) is 13.0. The molecule has 2 heterocycles. The number of hydrogen-bond donors (Lipinski definition) is 0. The number of hydrogen-bond acceptors (Lipinski definition) is 4. The molecule has 0 radical (unpaired) electrons. The minimum absolute atomic E-state index is 0.270. The lowest BCUT2D eigenvalue weighted by Crippen LogP contribution is -2.05. The van der Waals surface area contributed by atoms with Gasteiger partial charge in [0.25, 0.3) is 0 Å². The standard InChI is InChI=1S/C16H10INO3/c17-12-5-1-4-11(10-12)15-18-14(16(19)21-15)8-2-6-13-7-3-9-20-13/h1-10H. The highest BCUT2D eigenvalue weighted by Crippen LogP contribution is 2.18. The molecule has 1 aromatic heterocycles. The molecule has 1 aliphatic heterocycles. The van der Waals surface area contributed by atoms with Crippen molar-refractivity contribution in [2.75, 3.05) is 0 Å². The Bertz CT molecular complexity index is 758. The van der Waals surface area contributed by atoms with Gasteiger partial charge in [-0.1, -0.05) is 12.1 Å². The topological polar surface area (TPSA) is 51.8 Å². The van der Waals surface area contributed by atoms with E-state index >= 15 is 0 Å². The van der Waals surface area contributed by atoms with Gasteiger partial charge in [0, 0.05) is 9.13 Å². The van der Waals surface area contributed by atoms with Crippen LogP contribution >= 0.6 is 22.6 Å². The molecule has 0 saturated heterocycles. The fourth-order valence-electron chi connectivity index (χ4n) is 1.79. The third kappa shape index (κ3) is 3.30. The van der Waals surface area contributed by atoms with Gasteiger partial charge < -0.3 is 9.15 Å². The first-order valence-corrected chi connectivity index (χ1v) is 7.29. The molecule has 1 aliphatic rings. The number of carbonyl (C=O) groups is 1. The van der Waals surface area contributed by atoms with Crippen molar-refractivity contribution in [3.05, 3.63) is 75.4 Å². The van der Waals surface area contributed by atoms with Gasteiger partial charge in [-0.05, 0) is 65.1 Å². The number of rotatable bonds is 3.